The van der Waals surface area contributed by atoms with E-state index >= 15 is 0 Å². The molecule has 1 aliphatic heterocycles. The normalized spacial score (nSPS) is 16.9. The monoisotopic (exact) mass is 643 g/mol. The lowest BCUT2D eigenvalue weighted by Crippen LogP contribution is -2.36. The molecule has 0 spiro atoms. The van der Waals surface area contributed by atoms with Crippen LogP contribution in [0.5, 0.6) is 5.75 Å². The summed E-state index contributed by atoms with van der Waals surface area (Å²) in [5, 5.41) is 21.4. The quantitative estimate of drug-likeness (QED) is 0.111. The SMILES string of the molecule is Cc1ccc([C@@H](OCc2cn(OCCOCCN=[N+]=[N-])nn2)C(C)(C)C(=O)O)cc1CN1C[C@@H](C)Oc2ccccc2S1(=O)=O. The predicted molar refractivity (Wildman–Crippen MR) is 161 cm³/mol. The van der Waals surface area contributed by atoms with Crippen molar-refractivity contribution in [2.45, 2.75) is 58.0 Å². The molecule has 2 atom stereocenters. The Morgan fingerprint density at radius 2 is 2.02 bits per heavy atom. The van der Waals surface area contributed by atoms with Gasteiger partial charge < -0.3 is 24.2 Å². The van der Waals surface area contributed by atoms with Crippen LogP contribution in [0.15, 0.2) is 58.7 Å². The van der Waals surface area contributed by atoms with Crippen molar-refractivity contribution in [1.82, 2.24) is 19.5 Å². The highest BCUT2D eigenvalue weighted by Gasteiger charge is 2.40. The van der Waals surface area contributed by atoms with E-state index in [9.17, 15) is 18.3 Å². The number of nitrogens with zero attached hydrogens (tertiary/aromatic N) is 7. The molecular weight excluding hydrogens is 606 g/mol. The van der Waals surface area contributed by atoms with Gasteiger partial charge in [0.15, 0.2) is 0 Å². The fourth-order valence-electron chi connectivity index (χ4n) is 4.76. The summed E-state index contributed by atoms with van der Waals surface area (Å²) < 4.78 is 46.0. The number of rotatable bonds is 15. The number of aryl methyl sites for hydroxylation is 1. The first-order valence-electron chi connectivity index (χ1n) is 14.3. The summed E-state index contributed by atoms with van der Waals surface area (Å²) in [5.74, 6) is -0.757. The van der Waals surface area contributed by atoms with Crippen LogP contribution in [0, 0.1) is 12.3 Å². The topological polar surface area (TPSA) is 191 Å². The van der Waals surface area contributed by atoms with Crippen LogP contribution >= 0.6 is 0 Å². The van der Waals surface area contributed by atoms with E-state index in [-0.39, 0.29) is 57.1 Å². The average molecular weight is 644 g/mol. The van der Waals surface area contributed by atoms with E-state index in [1.54, 1.807) is 44.2 Å². The fraction of sp³-hybridized carbons (Fsp3) is 0.483. The second kappa shape index (κ2) is 14.7. The highest BCUT2D eigenvalue weighted by molar-refractivity contribution is 7.89. The second-order valence-electron chi connectivity index (χ2n) is 11.1. The van der Waals surface area contributed by atoms with Crippen molar-refractivity contribution in [3.63, 3.8) is 0 Å². The van der Waals surface area contributed by atoms with Gasteiger partial charge in [0.1, 0.15) is 29.0 Å². The molecule has 0 bridgehead atoms. The second-order valence-corrected chi connectivity index (χ2v) is 13.0. The van der Waals surface area contributed by atoms with E-state index in [1.165, 1.54) is 16.6 Å². The number of aromatic nitrogens is 3. The zero-order chi connectivity index (χ0) is 32.6. The maximum atomic E-state index is 13.6. The molecule has 0 amide bonds. The molecule has 0 aliphatic carbocycles. The summed E-state index contributed by atoms with van der Waals surface area (Å²) >= 11 is 0. The Balaban J connectivity index is 1.51. The number of sulfonamides is 1. The largest absolute Gasteiger partial charge is 0.488 e. The number of carboxylic acid groups (broad SMARTS) is 1. The molecule has 1 aromatic heterocycles. The van der Waals surface area contributed by atoms with E-state index in [2.05, 4.69) is 20.3 Å². The smallest absolute Gasteiger partial charge is 0.312 e. The fourth-order valence-corrected chi connectivity index (χ4v) is 6.37. The molecule has 0 unspecified atom stereocenters. The highest BCUT2D eigenvalue weighted by Crippen LogP contribution is 2.39. The molecule has 1 N–H and O–H groups in total. The van der Waals surface area contributed by atoms with Crippen LogP contribution < -0.4 is 9.57 Å². The molecule has 2 aromatic carbocycles. The molecule has 3 aromatic rings. The van der Waals surface area contributed by atoms with Gasteiger partial charge in [-0.3, -0.25) is 4.79 Å². The van der Waals surface area contributed by atoms with E-state index < -0.39 is 27.5 Å². The third-order valence-corrected chi connectivity index (χ3v) is 9.11. The van der Waals surface area contributed by atoms with Crippen molar-refractivity contribution < 1.29 is 37.4 Å². The summed E-state index contributed by atoms with van der Waals surface area (Å²) in [6.07, 6.45) is 0.202. The van der Waals surface area contributed by atoms with Gasteiger partial charge in [0, 0.05) is 18.0 Å². The van der Waals surface area contributed by atoms with Crippen molar-refractivity contribution in [1.29, 1.82) is 0 Å². The van der Waals surface area contributed by atoms with Crippen LogP contribution in [0.1, 0.15) is 49.3 Å². The third-order valence-electron chi connectivity index (χ3n) is 7.25. The van der Waals surface area contributed by atoms with Crippen LogP contribution in [0.25, 0.3) is 10.4 Å². The van der Waals surface area contributed by atoms with Gasteiger partial charge in [0.25, 0.3) is 0 Å². The molecular formula is C29H37N7O8S. The molecule has 15 nitrogen and oxygen atoms in total. The van der Waals surface area contributed by atoms with Gasteiger partial charge in [-0.05, 0) is 67.3 Å². The zero-order valence-corrected chi connectivity index (χ0v) is 26.4. The number of benzene rings is 2. The van der Waals surface area contributed by atoms with E-state index in [0.717, 1.165) is 10.4 Å². The van der Waals surface area contributed by atoms with E-state index in [1.807, 2.05) is 19.9 Å². The van der Waals surface area contributed by atoms with Crippen LogP contribution in [-0.4, -0.2) is 78.0 Å². The Kier molecular flexibility index (Phi) is 11.0. The van der Waals surface area contributed by atoms with Crippen molar-refractivity contribution in [3.8, 4) is 5.75 Å². The van der Waals surface area contributed by atoms with Gasteiger partial charge in [0.05, 0.1) is 44.1 Å². The predicted octanol–water partition coefficient (Wildman–Crippen LogP) is 3.68. The van der Waals surface area contributed by atoms with Gasteiger partial charge in [-0.2, -0.15) is 4.31 Å². The number of para-hydroxylation sites is 1. The van der Waals surface area contributed by atoms with Crippen molar-refractivity contribution in [3.05, 3.63) is 81.5 Å². The molecule has 1 aliphatic rings. The molecule has 242 valence electrons. The first-order valence-corrected chi connectivity index (χ1v) is 15.7. The van der Waals surface area contributed by atoms with Crippen LogP contribution in [0.4, 0.5) is 0 Å². The molecule has 45 heavy (non-hydrogen) atoms. The standard InChI is InChI=1S/C29H37N7O8S/c1-20-9-10-22(15-23(20)17-35-16-21(2)44-25-7-5-6-8-26(25)45(35,39)40)27(29(3,4)28(37)38)42-19-24-18-36(34-32-24)43-14-13-41-12-11-31-33-30/h5-10,15,18,21,27H,11-14,16-17,19H2,1-4H3,(H,37,38)/t21-,27-/m1/s1. The maximum absolute atomic E-state index is 13.6. The number of azide groups is 1. The zero-order valence-electron chi connectivity index (χ0n) is 25.6. The average Bonchev–Trinajstić information content (AvgIpc) is 3.42. The van der Waals surface area contributed by atoms with Gasteiger partial charge >= 0.3 is 5.97 Å². The molecule has 4 rings (SSSR count). The molecule has 16 heteroatoms. The van der Waals surface area contributed by atoms with E-state index in [4.69, 9.17) is 24.6 Å². The number of aliphatic carboxylic acids is 1. The summed E-state index contributed by atoms with van der Waals surface area (Å²) in [7, 11) is -3.87. The Labute approximate surface area is 261 Å². The lowest BCUT2D eigenvalue weighted by atomic mass is 9.81. The number of carboxylic acids is 1. The first-order chi connectivity index (χ1) is 21.4. The summed E-state index contributed by atoms with van der Waals surface area (Å²) in [5.41, 5.74) is 9.44. The number of ether oxygens (including phenoxy) is 3. The molecule has 0 saturated carbocycles. The van der Waals surface area contributed by atoms with Gasteiger partial charge in [-0.15, -0.1) is 5.10 Å². The molecule has 0 fully saturated rings. The van der Waals surface area contributed by atoms with Crippen LogP contribution in [0.2, 0.25) is 0 Å². The van der Waals surface area contributed by atoms with Gasteiger partial charge in [-0.25, -0.2) is 8.42 Å². The third kappa shape index (κ3) is 8.29. The number of carbonyl (C=O) groups is 1. The van der Waals surface area contributed by atoms with Crippen LogP contribution in [0.3, 0.4) is 0 Å². The van der Waals surface area contributed by atoms with Crippen molar-refractivity contribution in [2.75, 3.05) is 32.9 Å². The lowest BCUT2D eigenvalue weighted by molar-refractivity contribution is -0.158. The summed E-state index contributed by atoms with van der Waals surface area (Å²) in [4.78, 5) is 21.7. The van der Waals surface area contributed by atoms with Gasteiger partial charge in [-0.1, -0.05) is 40.3 Å². The Morgan fingerprint density at radius 3 is 2.78 bits per heavy atom. The molecule has 0 radical (unpaired) electrons. The Hall–Kier alpha value is -4.21. The number of hydrogen-bond donors (Lipinski definition) is 1. The number of hydrogen-bond acceptors (Lipinski definition) is 10. The summed E-state index contributed by atoms with van der Waals surface area (Å²) in [6.45, 7) is 7.86. The first kappa shape index (κ1) is 33.7. The highest BCUT2D eigenvalue weighted by atomic mass is 32.2. The van der Waals surface area contributed by atoms with Crippen molar-refractivity contribution in [2.24, 2.45) is 10.5 Å². The Bertz CT molecular complexity index is 1640. The van der Waals surface area contributed by atoms with Crippen molar-refractivity contribution >= 4 is 16.0 Å². The minimum absolute atomic E-state index is 0.0607. The minimum Gasteiger partial charge on any atom is -0.488 e. The maximum Gasteiger partial charge on any atom is 0.312 e. The lowest BCUT2D eigenvalue weighted by Gasteiger charge is -2.31. The summed E-state index contributed by atoms with van der Waals surface area (Å²) in [6, 6.07) is 12.0. The minimum atomic E-state index is -3.87. The van der Waals surface area contributed by atoms with Gasteiger partial charge in [0.2, 0.25) is 10.0 Å². The molecule has 0 saturated heterocycles. The Morgan fingerprint density at radius 1 is 1.24 bits per heavy atom. The van der Waals surface area contributed by atoms with E-state index in [0.29, 0.717) is 22.6 Å². The number of fused-ring (bicyclic) bond motifs is 1. The molecule has 2 heterocycles. The van der Waals surface area contributed by atoms with Crippen LogP contribution in [-0.2, 0) is 37.4 Å².